The van der Waals surface area contributed by atoms with Crippen molar-refractivity contribution < 1.29 is 23.5 Å². The molecule has 1 aromatic carbocycles. The molecule has 8 heteroatoms. The van der Waals surface area contributed by atoms with Gasteiger partial charge in [-0.3, -0.25) is 9.59 Å². The molecule has 1 aromatic rings. The smallest absolute Gasteiger partial charge is 0.329 e. The molecule has 1 atom stereocenters. The second-order valence-corrected chi connectivity index (χ2v) is 9.94. The van der Waals surface area contributed by atoms with E-state index in [-0.39, 0.29) is 17.9 Å². The van der Waals surface area contributed by atoms with Crippen LogP contribution in [-0.4, -0.2) is 33.5 Å². The summed E-state index contributed by atoms with van der Waals surface area (Å²) in [5.74, 6) is -1.25. The largest absolute Gasteiger partial charge is 0.413 e. The maximum Gasteiger partial charge on any atom is 0.329 e. The van der Waals surface area contributed by atoms with Crippen molar-refractivity contribution in [2.75, 3.05) is 5.32 Å². The van der Waals surface area contributed by atoms with Gasteiger partial charge in [-0.05, 0) is 36.2 Å². The van der Waals surface area contributed by atoms with Gasteiger partial charge in [0.2, 0.25) is 9.04 Å². The van der Waals surface area contributed by atoms with Crippen molar-refractivity contribution >= 4 is 38.3 Å². The normalized spacial score (nSPS) is 17.0. The first kappa shape index (κ1) is 20.7. The fourth-order valence-electron chi connectivity index (χ4n) is 2.55. The zero-order valence-corrected chi connectivity index (χ0v) is 17.5. The molecule has 0 amide bonds. The summed E-state index contributed by atoms with van der Waals surface area (Å²) in [6, 6.07) is 5.38. The van der Waals surface area contributed by atoms with Crippen LogP contribution in [0, 0.1) is 5.41 Å². The zero-order chi connectivity index (χ0) is 19.5. The second kappa shape index (κ2) is 8.41. The van der Waals surface area contributed by atoms with Gasteiger partial charge in [0.25, 0.3) is 0 Å². The molecule has 0 bridgehead atoms. The fraction of sp³-hybridized carbons (Fsp3) is 0.556. The number of hydrogen-bond acceptors (Lipinski definition) is 6. The average Bonchev–Trinajstić information content (AvgIpc) is 2.47. The highest BCUT2D eigenvalue weighted by molar-refractivity contribution is 6.48. The van der Waals surface area contributed by atoms with Gasteiger partial charge in [-0.1, -0.05) is 38.4 Å². The first-order valence-electron chi connectivity index (χ1n) is 8.46. The minimum Gasteiger partial charge on any atom is -0.413 e. The molecule has 26 heavy (non-hydrogen) atoms. The van der Waals surface area contributed by atoms with Crippen LogP contribution in [0.2, 0.25) is 18.1 Å². The maximum atomic E-state index is 11.5. The number of cyclic esters (lactones) is 2. The number of benzene rings is 1. The Kier molecular flexibility index (Phi) is 6.71. The predicted octanol–water partition coefficient (Wildman–Crippen LogP) is 3.75. The topological polar surface area (TPSA) is 73.9 Å². The monoisotopic (exact) mass is 398 g/mol. The highest BCUT2D eigenvalue weighted by Crippen LogP contribution is 2.33. The van der Waals surface area contributed by atoms with Crippen LogP contribution in [0.25, 0.3) is 0 Å². The van der Waals surface area contributed by atoms with Crippen LogP contribution in [-0.2, 0) is 29.9 Å². The third-order valence-corrected chi connectivity index (χ3v) is 5.00. The molecule has 0 spiro atoms. The van der Waals surface area contributed by atoms with E-state index in [1.54, 1.807) is 18.2 Å². The number of anilines is 1. The molecule has 1 fully saturated rings. The molecule has 1 saturated heterocycles. The number of carbonyl (C=O) groups is 2. The van der Waals surface area contributed by atoms with Gasteiger partial charge in [0.1, 0.15) is 6.42 Å². The van der Waals surface area contributed by atoms with Crippen LogP contribution in [0.3, 0.4) is 0 Å². The Bertz CT molecular complexity index is 658. The number of halogens is 1. The van der Waals surface area contributed by atoms with E-state index in [2.05, 4.69) is 39.2 Å². The average molecular weight is 399 g/mol. The highest BCUT2D eigenvalue weighted by Gasteiger charge is 2.31. The first-order valence-corrected chi connectivity index (χ1v) is 11.2. The summed E-state index contributed by atoms with van der Waals surface area (Å²) >= 11 is 6.43. The van der Waals surface area contributed by atoms with E-state index in [0.29, 0.717) is 17.1 Å². The van der Waals surface area contributed by atoms with Crippen LogP contribution in [0.4, 0.5) is 5.69 Å². The van der Waals surface area contributed by atoms with Crippen molar-refractivity contribution in [3.8, 4) is 0 Å². The lowest BCUT2D eigenvalue weighted by molar-refractivity contribution is -0.197. The standard InChI is InChI=1S/C18H25ClNO5Si/c1-18(2,3)14(25-26(4)5)9-11-12(19)7-6-8-13(11)20-17-23-15(21)10-16(22)24-17/h6-8,14,17,20H,9-10H2,1-5H3. The fourth-order valence-corrected chi connectivity index (χ4v) is 3.80. The SMILES string of the molecule is C[Si](C)OC(Cc1c(Cl)cccc1NC1OC(=O)CC(=O)O1)C(C)(C)C. The van der Waals surface area contributed by atoms with Crippen molar-refractivity contribution in [3.05, 3.63) is 28.8 Å². The van der Waals surface area contributed by atoms with E-state index in [1.807, 2.05) is 0 Å². The van der Waals surface area contributed by atoms with Crippen LogP contribution in [0.15, 0.2) is 18.2 Å². The molecule has 1 aliphatic heterocycles. The lowest BCUT2D eigenvalue weighted by Crippen LogP contribution is -2.38. The Morgan fingerprint density at radius 2 is 1.88 bits per heavy atom. The molecule has 1 N–H and O–H groups in total. The van der Waals surface area contributed by atoms with Gasteiger partial charge in [-0.25, -0.2) is 0 Å². The molecule has 2 rings (SSSR count). The van der Waals surface area contributed by atoms with E-state index in [0.717, 1.165) is 5.56 Å². The maximum absolute atomic E-state index is 11.5. The summed E-state index contributed by atoms with van der Waals surface area (Å²) in [6.07, 6.45) is -0.996. The number of carbonyl (C=O) groups excluding carboxylic acids is 2. The van der Waals surface area contributed by atoms with Gasteiger partial charge in [-0.15, -0.1) is 0 Å². The molecule has 1 aliphatic rings. The molecule has 1 radical (unpaired) electrons. The summed E-state index contributed by atoms with van der Waals surface area (Å²) < 4.78 is 16.3. The van der Waals surface area contributed by atoms with Gasteiger partial charge >= 0.3 is 18.4 Å². The van der Waals surface area contributed by atoms with Crippen LogP contribution >= 0.6 is 11.6 Å². The van der Waals surface area contributed by atoms with Gasteiger partial charge < -0.3 is 19.2 Å². The van der Waals surface area contributed by atoms with Crippen LogP contribution in [0.1, 0.15) is 32.8 Å². The molecule has 1 heterocycles. The van der Waals surface area contributed by atoms with E-state index < -0.39 is 27.4 Å². The third-order valence-electron chi connectivity index (χ3n) is 3.89. The number of hydrogen-bond donors (Lipinski definition) is 1. The van der Waals surface area contributed by atoms with E-state index in [9.17, 15) is 9.59 Å². The molecule has 143 valence electrons. The van der Waals surface area contributed by atoms with Crippen LogP contribution < -0.4 is 5.32 Å². The Morgan fingerprint density at radius 1 is 1.27 bits per heavy atom. The molecule has 1 unspecified atom stereocenters. The predicted molar refractivity (Wildman–Crippen MR) is 101 cm³/mol. The lowest BCUT2D eigenvalue weighted by atomic mass is 9.85. The third kappa shape index (κ3) is 5.72. The van der Waals surface area contributed by atoms with Crippen molar-refractivity contribution in [2.45, 2.75) is 59.2 Å². The summed E-state index contributed by atoms with van der Waals surface area (Å²) in [7, 11) is -0.903. The zero-order valence-electron chi connectivity index (χ0n) is 15.7. The van der Waals surface area contributed by atoms with Crippen molar-refractivity contribution in [3.63, 3.8) is 0 Å². The van der Waals surface area contributed by atoms with E-state index in [4.69, 9.17) is 25.5 Å². The molecule has 0 saturated carbocycles. The van der Waals surface area contributed by atoms with Crippen molar-refractivity contribution in [1.82, 2.24) is 0 Å². The summed E-state index contributed by atoms with van der Waals surface area (Å²) in [5, 5.41) is 3.52. The van der Waals surface area contributed by atoms with E-state index in [1.165, 1.54) is 0 Å². The Morgan fingerprint density at radius 3 is 2.42 bits per heavy atom. The van der Waals surface area contributed by atoms with Crippen molar-refractivity contribution in [1.29, 1.82) is 0 Å². The van der Waals surface area contributed by atoms with Crippen LogP contribution in [0.5, 0.6) is 0 Å². The van der Waals surface area contributed by atoms with Gasteiger partial charge in [0.05, 0.1) is 6.10 Å². The van der Waals surface area contributed by atoms with Gasteiger partial charge in [-0.2, -0.15) is 0 Å². The molecule has 6 nitrogen and oxygen atoms in total. The minimum atomic E-state index is -1.16. The quantitative estimate of drug-likeness (QED) is 0.447. The molecular weight excluding hydrogens is 374 g/mol. The Hall–Kier alpha value is -1.57. The summed E-state index contributed by atoms with van der Waals surface area (Å²) in [5.41, 5.74) is 1.39. The van der Waals surface area contributed by atoms with E-state index >= 15 is 0 Å². The Labute approximate surface area is 160 Å². The lowest BCUT2D eigenvalue weighted by Gasteiger charge is -2.33. The summed E-state index contributed by atoms with van der Waals surface area (Å²) in [6.45, 7) is 10.6. The molecular formula is C18H25ClNO5Si. The Balaban J connectivity index is 2.25. The minimum absolute atomic E-state index is 0.0386. The van der Waals surface area contributed by atoms with Gasteiger partial charge in [0, 0.05) is 17.1 Å². The number of esters is 2. The number of nitrogens with one attached hydrogen (secondary N) is 1. The number of rotatable bonds is 6. The molecule has 0 aromatic heterocycles. The van der Waals surface area contributed by atoms with Crippen molar-refractivity contribution in [2.24, 2.45) is 5.41 Å². The second-order valence-electron chi connectivity index (χ2n) is 7.48. The number of ether oxygens (including phenoxy) is 2. The highest BCUT2D eigenvalue weighted by atomic mass is 35.5. The first-order chi connectivity index (χ1) is 12.1. The molecule has 0 aliphatic carbocycles. The summed E-state index contributed by atoms with van der Waals surface area (Å²) in [4.78, 5) is 22.9. The van der Waals surface area contributed by atoms with Gasteiger partial charge in [0.15, 0.2) is 0 Å².